The summed E-state index contributed by atoms with van der Waals surface area (Å²) in [7, 11) is -3.89. The summed E-state index contributed by atoms with van der Waals surface area (Å²) in [5.74, 6) is -0.626. The number of halogens is 1. The molecule has 1 aromatic heterocycles. The molecular weight excluding hydrogens is 291 g/mol. The van der Waals surface area contributed by atoms with Gasteiger partial charge in [-0.05, 0) is 36.4 Å². The standard InChI is InChI=1S/C15H11FN2O2S/c16-12-6-1-2-7-14(12)18-21(19,20)15-9-3-8-13-11(15)5-4-10-17-13/h1-10,18H. The van der Waals surface area contributed by atoms with Crippen LogP contribution >= 0.6 is 0 Å². The summed E-state index contributed by atoms with van der Waals surface area (Å²) in [4.78, 5) is 4.18. The predicted molar refractivity (Wildman–Crippen MR) is 79.0 cm³/mol. The molecule has 1 heterocycles. The van der Waals surface area contributed by atoms with Crippen molar-refractivity contribution in [2.75, 3.05) is 4.72 Å². The van der Waals surface area contributed by atoms with E-state index in [0.29, 0.717) is 10.9 Å². The quantitative estimate of drug-likeness (QED) is 0.808. The van der Waals surface area contributed by atoms with Gasteiger partial charge in [-0.2, -0.15) is 0 Å². The smallest absolute Gasteiger partial charge is 0.262 e. The predicted octanol–water partition coefficient (Wildman–Crippen LogP) is 3.17. The highest BCUT2D eigenvalue weighted by Crippen LogP contribution is 2.24. The molecule has 0 fully saturated rings. The molecule has 3 aromatic rings. The Hall–Kier alpha value is -2.47. The normalized spacial score (nSPS) is 11.5. The van der Waals surface area contributed by atoms with Crippen molar-refractivity contribution >= 4 is 26.6 Å². The van der Waals surface area contributed by atoms with Gasteiger partial charge in [-0.3, -0.25) is 9.71 Å². The maximum atomic E-state index is 13.6. The number of sulfonamides is 1. The Morgan fingerprint density at radius 2 is 1.76 bits per heavy atom. The molecule has 0 aliphatic carbocycles. The number of anilines is 1. The molecule has 6 heteroatoms. The zero-order valence-electron chi connectivity index (χ0n) is 10.8. The monoisotopic (exact) mass is 302 g/mol. The third-order valence-electron chi connectivity index (χ3n) is 3.01. The lowest BCUT2D eigenvalue weighted by molar-refractivity contribution is 0.599. The molecule has 0 bridgehead atoms. The SMILES string of the molecule is O=S(=O)(Nc1ccccc1F)c1cccc2ncccc12. The van der Waals surface area contributed by atoms with Crippen LogP contribution in [-0.2, 0) is 10.0 Å². The molecular formula is C15H11FN2O2S. The summed E-state index contributed by atoms with van der Waals surface area (Å²) >= 11 is 0. The molecule has 0 spiro atoms. The minimum absolute atomic E-state index is 0.0661. The van der Waals surface area contributed by atoms with Gasteiger partial charge >= 0.3 is 0 Å². The van der Waals surface area contributed by atoms with E-state index in [0.717, 1.165) is 0 Å². The van der Waals surface area contributed by atoms with Crippen molar-refractivity contribution < 1.29 is 12.8 Å². The highest BCUT2D eigenvalue weighted by atomic mass is 32.2. The number of nitrogens with one attached hydrogen (secondary N) is 1. The molecule has 0 saturated heterocycles. The first-order chi connectivity index (χ1) is 10.1. The highest BCUT2D eigenvalue weighted by molar-refractivity contribution is 7.93. The molecule has 0 aliphatic heterocycles. The van der Waals surface area contributed by atoms with Crippen molar-refractivity contribution in [2.45, 2.75) is 4.90 Å². The summed E-state index contributed by atoms with van der Waals surface area (Å²) in [5, 5.41) is 0.490. The average molecular weight is 302 g/mol. The zero-order chi connectivity index (χ0) is 14.9. The van der Waals surface area contributed by atoms with Crippen LogP contribution in [0.25, 0.3) is 10.9 Å². The Kier molecular flexibility index (Phi) is 3.31. The lowest BCUT2D eigenvalue weighted by atomic mass is 10.2. The van der Waals surface area contributed by atoms with E-state index in [9.17, 15) is 12.8 Å². The van der Waals surface area contributed by atoms with Crippen LogP contribution < -0.4 is 4.72 Å². The van der Waals surface area contributed by atoms with E-state index in [1.54, 1.807) is 36.5 Å². The van der Waals surface area contributed by atoms with Crippen molar-refractivity contribution in [1.82, 2.24) is 4.98 Å². The Balaban J connectivity index is 2.11. The third kappa shape index (κ3) is 2.57. The molecule has 21 heavy (non-hydrogen) atoms. The van der Waals surface area contributed by atoms with Crippen molar-refractivity contribution in [2.24, 2.45) is 0 Å². The van der Waals surface area contributed by atoms with Crippen LogP contribution in [0.5, 0.6) is 0 Å². The van der Waals surface area contributed by atoms with Gasteiger partial charge in [-0.1, -0.05) is 18.2 Å². The second-order valence-corrected chi connectivity index (χ2v) is 6.06. The molecule has 0 radical (unpaired) electrons. The molecule has 3 rings (SSSR count). The van der Waals surface area contributed by atoms with Crippen molar-refractivity contribution in [3.63, 3.8) is 0 Å². The largest absolute Gasteiger partial charge is 0.277 e. The average Bonchev–Trinajstić information content (AvgIpc) is 2.49. The fraction of sp³-hybridized carbons (Fsp3) is 0. The first-order valence-corrected chi connectivity index (χ1v) is 7.67. The van der Waals surface area contributed by atoms with Crippen LogP contribution in [0.4, 0.5) is 10.1 Å². The second-order valence-electron chi connectivity index (χ2n) is 4.41. The number of hydrogen-bond acceptors (Lipinski definition) is 3. The number of benzene rings is 2. The van der Waals surface area contributed by atoms with Gasteiger partial charge in [-0.15, -0.1) is 0 Å². The minimum Gasteiger partial charge on any atom is -0.277 e. The number of hydrogen-bond donors (Lipinski definition) is 1. The molecule has 0 amide bonds. The van der Waals surface area contributed by atoms with Gasteiger partial charge in [0.2, 0.25) is 0 Å². The van der Waals surface area contributed by atoms with Gasteiger partial charge in [0.05, 0.1) is 16.1 Å². The van der Waals surface area contributed by atoms with Gasteiger partial charge in [-0.25, -0.2) is 12.8 Å². The van der Waals surface area contributed by atoms with Gasteiger partial charge in [0, 0.05) is 11.6 Å². The van der Waals surface area contributed by atoms with E-state index < -0.39 is 15.8 Å². The van der Waals surface area contributed by atoms with Crippen LogP contribution in [0.3, 0.4) is 0 Å². The molecule has 1 N–H and O–H groups in total. The summed E-state index contributed by atoms with van der Waals surface area (Å²) in [6.07, 6.45) is 1.59. The third-order valence-corrected chi connectivity index (χ3v) is 4.44. The molecule has 2 aromatic carbocycles. The number of aromatic nitrogens is 1. The maximum absolute atomic E-state index is 13.6. The molecule has 106 valence electrons. The van der Waals surface area contributed by atoms with E-state index in [4.69, 9.17) is 0 Å². The van der Waals surface area contributed by atoms with E-state index in [1.165, 1.54) is 24.3 Å². The summed E-state index contributed by atoms with van der Waals surface area (Å²) < 4.78 is 40.8. The van der Waals surface area contributed by atoms with Crippen molar-refractivity contribution in [3.8, 4) is 0 Å². The summed E-state index contributed by atoms with van der Waals surface area (Å²) in [5.41, 5.74) is 0.479. The van der Waals surface area contributed by atoms with E-state index >= 15 is 0 Å². The molecule has 0 aliphatic rings. The molecule has 0 saturated carbocycles. The Labute approximate surface area is 121 Å². The highest BCUT2D eigenvalue weighted by Gasteiger charge is 2.18. The van der Waals surface area contributed by atoms with E-state index in [1.807, 2.05) is 0 Å². The summed E-state index contributed by atoms with van der Waals surface area (Å²) in [6, 6.07) is 13.7. The Bertz CT molecular complexity index is 905. The van der Waals surface area contributed by atoms with Gasteiger partial charge < -0.3 is 0 Å². The number of para-hydroxylation sites is 1. The van der Waals surface area contributed by atoms with Crippen LogP contribution in [0.1, 0.15) is 0 Å². The van der Waals surface area contributed by atoms with Crippen LogP contribution in [-0.4, -0.2) is 13.4 Å². The van der Waals surface area contributed by atoms with Crippen LogP contribution in [0.15, 0.2) is 65.7 Å². The second kappa shape index (κ2) is 5.14. The molecule has 0 atom stereocenters. The fourth-order valence-corrected chi connectivity index (χ4v) is 3.34. The lowest BCUT2D eigenvalue weighted by Crippen LogP contribution is -2.14. The maximum Gasteiger partial charge on any atom is 0.262 e. The minimum atomic E-state index is -3.89. The van der Waals surface area contributed by atoms with Crippen molar-refractivity contribution in [3.05, 3.63) is 66.6 Å². The number of pyridine rings is 1. The lowest BCUT2D eigenvalue weighted by Gasteiger charge is -2.10. The molecule has 0 unspecified atom stereocenters. The van der Waals surface area contributed by atoms with Gasteiger partial charge in [0.25, 0.3) is 10.0 Å². The van der Waals surface area contributed by atoms with Gasteiger partial charge in [0.15, 0.2) is 0 Å². The molecule has 4 nitrogen and oxygen atoms in total. The number of fused-ring (bicyclic) bond motifs is 1. The first kappa shape index (κ1) is 13.5. The Morgan fingerprint density at radius 3 is 2.57 bits per heavy atom. The topological polar surface area (TPSA) is 59.1 Å². The Morgan fingerprint density at radius 1 is 0.952 bits per heavy atom. The van der Waals surface area contributed by atoms with Crippen LogP contribution in [0.2, 0.25) is 0 Å². The van der Waals surface area contributed by atoms with Crippen LogP contribution in [0, 0.1) is 5.82 Å². The first-order valence-electron chi connectivity index (χ1n) is 6.19. The van der Waals surface area contributed by atoms with Crippen molar-refractivity contribution in [1.29, 1.82) is 0 Å². The summed E-state index contributed by atoms with van der Waals surface area (Å²) in [6.45, 7) is 0. The van der Waals surface area contributed by atoms with Gasteiger partial charge in [0.1, 0.15) is 5.82 Å². The van der Waals surface area contributed by atoms with E-state index in [-0.39, 0.29) is 10.6 Å². The number of rotatable bonds is 3. The number of nitrogens with zero attached hydrogens (tertiary/aromatic N) is 1. The fourth-order valence-electron chi connectivity index (χ4n) is 2.05. The zero-order valence-corrected chi connectivity index (χ0v) is 11.6. The van der Waals surface area contributed by atoms with E-state index in [2.05, 4.69) is 9.71 Å².